The van der Waals surface area contributed by atoms with Gasteiger partial charge in [-0.05, 0) is 69.5 Å². The predicted molar refractivity (Wildman–Crippen MR) is 122 cm³/mol. The van der Waals surface area contributed by atoms with Crippen molar-refractivity contribution >= 4 is 29.9 Å². The molecule has 1 saturated heterocycles. The van der Waals surface area contributed by atoms with E-state index in [0.717, 1.165) is 42.8 Å². The van der Waals surface area contributed by atoms with Crippen molar-refractivity contribution in [3.8, 4) is 5.69 Å². The third kappa shape index (κ3) is 4.20. The summed E-state index contributed by atoms with van der Waals surface area (Å²) >= 11 is 0. The number of esters is 1. The van der Waals surface area contributed by atoms with Crippen LogP contribution in [-0.4, -0.2) is 45.9 Å². The summed E-state index contributed by atoms with van der Waals surface area (Å²) in [4.78, 5) is 51.3. The van der Waals surface area contributed by atoms with Crippen LogP contribution in [0.25, 0.3) is 11.8 Å². The zero-order chi connectivity index (χ0) is 23.7. The SMILES string of the molecule is CCOC(=O)c1cccc(-n2c(C)cc(/C=C3\C(=O)NC(=O)N(C4CCCC4)C3=O)c2C)c1. The molecule has 0 bridgehead atoms. The molecule has 0 unspecified atom stereocenters. The van der Waals surface area contributed by atoms with Crippen molar-refractivity contribution in [3.63, 3.8) is 0 Å². The Morgan fingerprint density at radius 3 is 2.58 bits per heavy atom. The molecule has 4 rings (SSSR count). The van der Waals surface area contributed by atoms with Gasteiger partial charge in [-0.15, -0.1) is 0 Å². The van der Waals surface area contributed by atoms with E-state index in [2.05, 4.69) is 5.32 Å². The van der Waals surface area contributed by atoms with E-state index in [1.165, 1.54) is 4.90 Å². The van der Waals surface area contributed by atoms with Crippen LogP contribution in [0.2, 0.25) is 0 Å². The van der Waals surface area contributed by atoms with Gasteiger partial charge in [0, 0.05) is 23.1 Å². The van der Waals surface area contributed by atoms with Gasteiger partial charge in [0.25, 0.3) is 11.8 Å². The second-order valence-corrected chi connectivity index (χ2v) is 8.36. The highest BCUT2D eigenvalue weighted by Crippen LogP contribution is 2.29. The Labute approximate surface area is 192 Å². The molecule has 8 nitrogen and oxygen atoms in total. The average molecular weight is 450 g/mol. The summed E-state index contributed by atoms with van der Waals surface area (Å²) in [5.74, 6) is -1.64. The molecule has 1 aromatic heterocycles. The third-order valence-corrected chi connectivity index (χ3v) is 6.21. The van der Waals surface area contributed by atoms with Crippen molar-refractivity contribution in [2.24, 2.45) is 0 Å². The molecule has 2 fully saturated rings. The highest BCUT2D eigenvalue weighted by molar-refractivity contribution is 6.31. The number of carbonyl (C=O) groups excluding carboxylic acids is 4. The number of rotatable bonds is 5. The molecule has 172 valence electrons. The van der Waals surface area contributed by atoms with Crippen molar-refractivity contribution in [3.05, 3.63) is 58.4 Å². The number of urea groups is 1. The number of carbonyl (C=O) groups is 4. The second kappa shape index (κ2) is 9.05. The van der Waals surface area contributed by atoms with E-state index < -0.39 is 23.8 Å². The summed E-state index contributed by atoms with van der Waals surface area (Å²) in [7, 11) is 0. The summed E-state index contributed by atoms with van der Waals surface area (Å²) < 4.78 is 7.04. The summed E-state index contributed by atoms with van der Waals surface area (Å²) in [6, 6.07) is 8.14. The predicted octanol–water partition coefficient (Wildman–Crippen LogP) is 3.68. The maximum atomic E-state index is 13.1. The Hall–Kier alpha value is -3.68. The molecular formula is C25H27N3O5. The number of hydrogen-bond donors (Lipinski definition) is 1. The lowest BCUT2D eigenvalue weighted by molar-refractivity contribution is -0.131. The minimum Gasteiger partial charge on any atom is -0.462 e. The van der Waals surface area contributed by atoms with E-state index in [-0.39, 0.29) is 11.6 Å². The van der Waals surface area contributed by atoms with Crippen molar-refractivity contribution in [2.75, 3.05) is 6.61 Å². The Kier molecular flexibility index (Phi) is 6.18. The number of nitrogens with one attached hydrogen (secondary N) is 1. The number of ether oxygens (including phenoxy) is 1. The number of barbiturate groups is 1. The van der Waals surface area contributed by atoms with Crippen molar-refractivity contribution < 1.29 is 23.9 Å². The normalized spacial score (nSPS) is 18.2. The van der Waals surface area contributed by atoms with Crippen molar-refractivity contribution in [1.82, 2.24) is 14.8 Å². The minimum absolute atomic E-state index is 0.0537. The number of imide groups is 2. The standard InChI is InChI=1S/C25H27N3O5/c1-4-33-24(31)17-8-7-11-20(13-17)27-15(2)12-18(16(27)3)14-21-22(29)26-25(32)28(23(21)30)19-9-5-6-10-19/h7-8,11-14,19H,4-6,9-10H2,1-3H3,(H,26,29,32)/b21-14+. The number of benzene rings is 1. The summed E-state index contributed by atoms with van der Waals surface area (Å²) in [5.41, 5.74) is 3.51. The number of aryl methyl sites for hydroxylation is 1. The van der Waals surface area contributed by atoms with Crippen LogP contribution >= 0.6 is 0 Å². The van der Waals surface area contributed by atoms with Crippen LogP contribution in [0, 0.1) is 13.8 Å². The number of aromatic nitrogens is 1. The first-order chi connectivity index (χ1) is 15.8. The highest BCUT2D eigenvalue weighted by Gasteiger charge is 2.40. The molecule has 33 heavy (non-hydrogen) atoms. The Morgan fingerprint density at radius 2 is 1.88 bits per heavy atom. The molecule has 0 radical (unpaired) electrons. The van der Waals surface area contributed by atoms with Gasteiger partial charge in [0.15, 0.2) is 0 Å². The zero-order valence-corrected chi connectivity index (χ0v) is 19.0. The quantitative estimate of drug-likeness (QED) is 0.427. The van der Waals surface area contributed by atoms with Crippen LogP contribution in [0.3, 0.4) is 0 Å². The fourth-order valence-corrected chi connectivity index (χ4v) is 4.64. The maximum Gasteiger partial charge on any atom is 0.338 e. The Balaban J connectivity index is 1.70. The molecule has 2 aliphatic rings. The van der Waals surface area contributed by atoms with Crippen molar-refractivity contribution in [2.45, 2.75) is 52.5 Å². The molecule has 1 aromatic carbocycles. The molecule has 2 heterocycles. The lowest BCUT2D eigenvalue weighted by Gasteiger charge is -2.31. The number of hydrogen-bond acceptors (Lipinski definition) is 5. The smallest absolute Gasteiger partial charge is 0.338 e. The molecule has 1 N–H and O–H groups in total. The second-order valence-electron chi connectivity index (χ2n) is 8.36. The van der Waals surface area contributed by atoms with Gasteiger partial charge in [-0.25, -0.2) is 9.59 Å². The fraction of sp³-hybridized carbons (Fsp3) is 0.360. The van der Waals surface area contributed by atoms with Crippen LogP contribution in [0.15, 0.2) is 35.9 Å². The van der Waals surface area contributed by atoms with Crippen molar-refractivity contribution in [1.29, 1.82) is 0 Å². The first kappa shape index (κ1) is 22.5. The number of nitrogens with zero attached hydrogens (tertiary/aromatic N) is 2. The molecule has 8 heteroatoms. The van der Waals surface area contributed by atoms with E-state index in [0.29, 0.717) is 17.7 Å². The Morgan fingerprint density at radius 1 is 1.15 bits per heavy atom. The van der Waals surface area contributed by atoms with E-state index in [1.807, 2.05) is 30.5 Å². The molecule has 2 aromatic rings. The van der Waals surface area contributed by atoms with E-state index in [1.54, 1.807) is 31.2 Å². The number of amides is 4. The summed E-state index contributed by atoms with van der Waals surface area (Å²) in [6.45, 7) is 5.83. The van der Waals surface area contributed by atoms with Gasteiger partial charge in [-0.2, -0.15) is 0 Å². The molecule has 4 amide bonds. The summed E-state index contributed by atoms with van der Waals surface area (Å²) in [5, 5.41) is 2.31. The topological polar surface area (TPSA) is 97.7 Å². The molecular weight excluding hydrogens is 422 g/mol. The lowest BCUT2D eigenvalue weighted by atomic mass is 10.1. The molecule has 1 aliphatic carbocycles. The molecule has 1 aliphatic heterocycles. The first-order valence-electron chi connectivity index (χ1n) is 11.2. The average Bonchev–Trinajstić information content (AvgIpc) is 3.39. The molecule has 1 saturated carbocycles. The monoisotopic (exact) mass is 449 g/mol. The van der Waals surface area contributed by atoms with Gasteiger partial charge >= 0.3 is 12.0 Å². The first-order valence-corrected chi connectivity index (χ1v) is 11.2. The van der Waals surface area contributed by atoms with Gasteiger partial charge in [0.1, 0.15) is 5.57 Å². The summed E-state index contributed by atoms with van der Waals surface area (Å²) in [6.07, 6.45) is 4.97. The van der Waals surface area contributed by atoms with Gasteiger partial charge < -0.3 is 9.30 Å². The van der Waals surface area contributed by atoms with Crippen LogP contribution in [0.4, 0.5) is 4.79 Å². The lowest BCUT2D eigenvalue weighted by Crippen LogP contribution is -2.57. The van der Waals surface area contributed by atoms with Gasteiger partial charge in [-0.1, -0.05) is 18.9 Å². The van der Waals surface area contributed by atoms with Crippen LogP contribution in [0.1, 0.15) is 59.9 Å². The van der Waals surface area contributed by atoms with E-state index >= 15 is 0 Å². The van der Waals surface area contributed by atoms with Crippen LogP contribution < -0.4 is 5.32 Å². The zero-order valence-electron chi connectivity index (χ0n) is 19.0. The highest BCUT2D eigenvalue weighted by atomic mass is 16.5. The van der Waals surface area contributed by atoms with Crippen LogP contribution in [-0.2, 0) is 14.3 Å². The maximum absolute atomic E-state index is 13.1. The minimum atomic E-state index is -0.687. The van der Waals surface area contributed by atoms with Gasteiger partial charge in [0.05, 0.1) is 12.2 Å². The third-order valence-electron chi connectivity index (χ3n) is 6.21. The molecule has 0 atom stereocenters. The van der Waals surface area contributed by atoms with Gasteiger partial charge in [0.2, 0.25) is 0 Å². The van der Waals surface area contributed by atoms with Gasteiger partial charge in [-0.3, -0.25) is 19.8 Å². The largest absolute Gasteiger partial charge is 0.462 e. The van der Waals surface area contributed by atoms with E-state index in [9.17, 15) is 19.2 Å². The van der Waals surface area contributed by atoms with Crippen LogP contribution in [0.5, 0.6) is 0 Å². The Bertz CT molecular complexity index is 1170. The van der Waals surface area contributed by atoms with E-state index in [4.69, 9.17) is 4.74 Å². The molecule has 0 spiro atoms. The fourth-order valence-electron chi connectivity index (χ4n) is 4.64.